The summed E-state index contributed by atoms with van der Waals surface area (Å²) in [6.45, 7) is 0. The Morgan fingerprint density at radius 2 is 2.06 bits per heavy atom. The molecule has 0 fully saturated rings. The number of hydrogen-bond donors (Lipinski definition) is 0. The van der Waals surface area contributed by atoms with Gasteiger partial charge in [-0.3, -0.25) is 0 Å². The van der Waals surface area contributed by atoms with Crippen molar-refractivity contribution in [2.75, 3.05) is 19.0 Å². The maximum atomic E-state index is 10.6. The molecule has 0 aromatic heterocycles. The van der Waals surface area contributed by atoms with Crippen LogP contribution in [-0.2, 0) is 13.5 Å². The SMILES string of the molecule is CN(C)c1ccc([N+](=O)[O-])cc1[CH]=[Ru]([Cl])[Cl]. The van der Waals surface area contributed by atoms with E-state index in [1.807, 2.05) is 19.0 Å². The molecule has 1 aromatic rings. The van der Waals surface area contributed by atoms with Crippen molar-refractivity contribution in [3.8, 4) is 0 Å². The maximum absolute atomic E-state index is 10.6. The Balaban J connectivity index is 3.32. The van der Waals surface area contributed by atoms with Crippen LogP contribution in [0.4, 0.5) is 11.4 Å². The fraction of sp³-hybridized carbons (Fsp3) is 0.222. The second kappa shape index (κ2) is 5.71. The minimum absolute atomic E-state index is 0.0422. The van der Waals surface area contributed by atoms with Gasteiger partial charge in [-0.05, 0) is 0 Å². The van der Waals surface area contributed by atoms with Crippen LogP contribution in [0.2, 0.25) is 0 Å². The van der Waals surface area contributed by atoms with E-state index in [-0.39, 0.29) is 5.69 Å². The van der Waals surface area contributed by atoms with Crippen LogP contribution < -0.4 is 4.90 Å². The van der Waals surface area contributed by atoms with Gasteiger partial charge in [0, 0.05) is 0 Å². The van der Waals surface area contributed by atoms with Gasteiger partial charge in [0.15, 0.2) is 0 Å². The Morgan fingerprint density at radius 1 is 1.44 bits per heavy atom. The van der Waals surface area contributed by atoms with Crippen molar-refractivity contribution >= 4 is 35.4 Å². The van der Waals surface area contributed by atoms with Crippen LogP contribution in [0.1, 0.15) is 5.56 Å². The Kier molecular flexibility index (Phi) is 4.84. The third kappa shape index (κ3) is 3.51. The molecule has 0 N–H and O–H groups in total. The van der Waals surface area contributed by atoms with Gasteiger partial charge in [0.1, 0.15) is 0 Å². The average Bonchev–Trinajstić information content (AvgIpc) is 2.15. The van der Waals surface area contributed by atoms with E-state index in [4.69, 9.17) is 19.4 Å². The first-order valence-electron chi connectivity index (χ1n) is 4.20. The predicted molar refractivity (Wildman–Crippen MR) is 64.3 cm³/mol. The molecule has 0 saturated heterocycles. The number of nitro groups is 1. The van der Waals surface area contributed by atoms with Gasteiger partial charge in [0.25, 0.3) is 0 Å². The fourth-order valence-corrected chi connectivity index (χ4v) is 3.02. The van der Waals surface area contributed by atoms with E-state index in [9.17, 15) is 10.1 Å². The molecule has 16 heavy (non-hydrogen) atoms. The summed E-state index contributed by atoms with van der Waals surface area (Å²) in [6, 6.07) is 4.64. The van der Waals surface area contributed by atoms with E-state index < -0.39 is 18.4 Å². The van der Waals surface area contributed by atoms with Gasteiger partial charge in [-0.15, -0.1) is 0 Å². The van der Waals surface area contributed by atoms with Gasteiger partial charge in [-0.1, -0.05) is 0 Å². The summed E-state index contributed by atoms with van der Waals surface area (Å²) in [6.07, 6.45) is 0. The van der Waals surface area contributed by atoms with E-state index in [0.717, 1.165) is 5.69 Å². The number of rotatable bonds is 3. The van der Waals surface area contributed by atoms with Gasteiger partial charge >= 0.3 is 107 Å². The second-order valence-electron chi connectivity index (χ2n) is 3.20. The number of anilines is 1. The van der Waals surface area contributed by atoms with Crippen LogP contribution in [0.3, 0.4) is 0 Å². The summed E-state index contributed by atoms with van der Waals surface area (Å²) in [5, 5.41) is 10.6. The molecule has 4 nitrogen and oxygen atoms in total. The van der Waals surface area contributed by atoms with Crippen LogP contribution in [0.5, 0.6) is 0 Å². The molecule has 0 aliphatic carbocycles. The van der Waals surface area contributed by atoms with E-state index in [1.54, 1.807) is 10.7 Å². The van der Waals surface area contributed by atoms with Gasteiger partial charge in [0.2, 0.25) is 0 Å². The summed E-state index contributed by atoms with van der Waals surface area (Å²) >= 11 is -1.99. The van der Waals surface area contributed by atoms with Crippen molar-refractivity contribution in [2.24, 2.45) is 0 Å². The molecule has 0 heterocycles. The van der Waals surface area contributed by atoms with Gasteiger partial charge in [0.05, 0.1) is 0 Å². The standard InChI is InChI=1S/C9H10N2O2.2ClH.Ru/c1-7-6-8(11(12)13)4-5-9(7)10(2)3;;;/h1,4-6H,2-3H3;2*1H;/q;;;+2/p-2. The molecule has 0 saturated carbocycles. The number of non-ortho nitro benzene ring substituents is 1. The molecule has 0 aliphatic rings. The van der Waals surface area contributed by atoms with Crippen LogP contribution in [-0.4, -0.2) is 23.6 Å². The first kappa shape index (κ1) is 13.6. The Morgan fingerprint density at radius 3 is 2.50 bits per heavy atom. The van der Waals surface area contributed by atoms with Crippen LogP contribution in [0, 0.1) is 10.1 Å². The summed E-state index contributed by atoms with van der Waals surface area (Å²) < 4.78 is 1.70. The molecule has 0 radical (unpaired) electrons. The molecule has 0 unspecified atom stereocenters. The summed E-state index contributed by atoms with van der Waals surface area (Å²) in [4.78, 5) is 12.1. The molecular weight excluding hydrogens is 340 g/mol. The van der Waals surface area contributed by atoms with E-state index in [0.29, 0.717) is 5.56 Å². The predicted octanol–water partition coefficient (Wildman–Crippen LogP) is 2.74. The van der Waals surface area contributed by atoms with Crippen LogP contribution in [0.25, 0.3) is 0 Å². The number of hydrogen-bond acceptors (Lipinski definition) is 3. The number of nitrogens with zero attached hydrogens (tertiary/aromatic N) is 2. The molecule has 0 amide bonds. The van der Waals surface area contributed by atoms with Crippen molar-refractivity contribution in [3.05, 3.63) is 33.9 Å². The van der Waals surface area contributed by atoms with Gasteiger partial charge in [-0.25, -0.2) is 0 Å². The first-order chi connectivity index (χ1) is 7.41. The Labute approximate surface area is 106 Å². The van der Waals surface area contributed by atoms with E-state index in [2.05, 4.69) is 0 Å². The first-order valence-corrected chi connectivity index (χ1v) is 9.68. The number of halogens is 2. The number of benzene rings is 1. The molecule has 0 atom stereocenters. The molecule has 90 valence electrons. The third-order valence-electron chi connectivity index (χ3n) is 1.89. The van der Waals surface area contributed by atoms with Crippen molar-refractivity contribution in [3.63, 3.8) is 0 Å². The van der Waals surface area contributed by atoms with Gasteiger partial charge < -0.3 is 0 Å². The fourth-order valence-electron chi connectivity index (χ4n) is 1.23. The molecule has 1 rings (SSSR count). The van der Waals surface area contributed by atoms with Gasteiger partial charge in [-0.2, -0.15) is 0 Å². The topological polar surface area (TPSA) is 46.4 Å². The van der Waals surface area contributed by atoms with Crippen molar-refractivity contribution in [1.29, 1.82) is 0 Å². The monoisotopic (exact) mass is 350 g/mol. The molecular formula is C9H10Cl2N2O2Ru. The second-order valence-corrected chi connectivity index (χ2v) is 8.93. The van der Waals surface area contributed by atoms with Crippen molar-refractivity contribution in [2.45, 2.75) is 0 Å². The third-order valence-corrected chi connectivity index (χ3v) is 3.72. The van der Waals surface area contributed by atoms with E-state index in [1.165, 1.54) is 12.1 Å². The summed E-state index contributed by atoms with van der Waals surface area (Å²) in [7, 11) is 15.3. The van der Waals surface area contributed by atoms with Crippen LogP contribution >= 0.6 is 19.4 Å². The quantitative estimate of drug-likeness (QED) is 0.479. The summed E-state index contributed by atoms with van der Waals surface area (Å²) in [5.41, 5.74) is 1.62. The van der Waals surface area contributed by atoms with Crippen molar-refractivity contribution in [1.82, 2.24) is 0 Å². The zero-order valence-electron chi connectivity index (χ0n) is 8.63. The summed E-state index contributed by atoms with van der Waals surface area (Å²) in [5.74, 6) is 0. The molecule has 0 bridgehead atoms. The Hall–Kier alpha value is -0.507. The normalized spacial score (nSPS) is 10.9. The van der Waals surface area contributed by atoms with Crippen molar-refractivity contribution < 1.29 is 18.4 Å². The Bertz CT molecular complexity index is 445. The van der Waals surface area contributed by atoms with Crippen LogP contribution in [0.15, 0.2) is 18.2 Å². The zero-order valence-corrected chi connectivity index (χ0v) is 11.9. The molecule has 0 spiro atoms. The number of nitro benzene ring substituents is 1. The molecule has 1 aromatic carbocycles. The molecule has 7 heteroatoms. The average molecular weight is 350 g/mol. The molecule has 0 aliphatic heterocycles. The zero-order chi connectivity index (χ0) is 12.3. The minimum atomic E-state index is -1.99. The van der Waals surface area contributed by atoms with E-state index >= 15 is 0 Å².